The molecule has 1 aromatic carbocycles. The molecule has 0 aliphatic heterocycles. The summed E-state index contributed by atoms with van der Waals surface area (Å²) in [4.78, 5) is 8.22. The summed E-state index contributed by atoms with van der Waals surface area (Å²) in [7, 11) is 0. The number of pyridine rings is 1. The highest BCUT2D eigenvalue weighted by Gasteiger charge is 2.43. The zero-order chi connectivity index (χ0) is 16.4. The van der Waals surface area contributed by atoms with E-state index in [1.54, 1.807) is 12.1 Å². The lowest BCUT2D eigenvalue weighted by Crippen LogP contribution is -2.41. The van der Waals surface area contributed by atoms with Crippen molar-refractivity contribution in [1.82, 2.24) is 4.98 Å². The first-order chi connectivity index (χ1) is 11.0. The maximum atomic E-state index is 8.44. The van der Waals surface area contributed by atoms with Crippen molar-refractivity contribution >= 4 is 33.5 Å². The monoisotopic (exact) mass is 373 g/mol. The first-order valence-corrected chi connectivity index (χ1v) is 8.18. The predicted molar refractivity (Wildman–Crippen MR) is 96.2 cm³/mol. The highest BCUT2D eigenvalue weighted by Crippen LogP contribution is 2.45. The Bertz CT molecular complexity index is 749. The molecular formula is C17H18BrN4O+. The molecule has 0 radical (unpaired) electrons. The first-order valence-electron chi connectivity index (χ1n) is 7.38. The maximum Gasteiger partial charge on any atom is 0.367 e. The van der Waals surface area contributed by atoms with Crippen LogP contribution in [0.2, 0.25) is 0 Å². The van der Waals surface area contributed by atoms with Crippen LogP contribution in [0.5, 0.6) is 0 Å². The smallest absolute Gasteiger partial charge is 0.367 e. The van der Waals surface area contributed by atoms with E-state index in [2.05, 4.69) is 25.9 Å². The Morgan fingerprint density at radius 1 is 1.22 bits per heavy atom. The van der Waals surface area contributed by atoms with Crippen LogP contribution in [0.25, 0.3) is 0 Å². The van der Waals surface area contributed by atoms with E-state index in [0.717, 1.165) is 29.3 Å². The van der Waals surface area contributed by atoms with Gasteiger partial charge in [0.1, 0.15) is 17.2 Å². The third-order valence-electron chi connectivity index (χ3n) is 4.34. The fraction of sp³-hybridized carbons (Fsp3) is 0.235. The topological polar surface area (TPSA) is 98.0 Å². The molecule has 2 aromatic rings. The van der Waals surface area contributed by atoms with Crippen molar-refractivity contribution in [3.05, 3.63) is 58.2 Å². The average Bonchev–Trinajstić information content (AvgIpc) is 2.48. The Morgan fingerprint density at radius 3 is 2.43 bits per heavy atom. The quantitative estimate of drug-likeness (QED) is 0.491. The molecule has 0 saturated heterocycles. The van der Waals surface area contributed by atoms with E-state index in [0.29, 0.717) is 11.4 Å². The van der Waals surface area contributed by atoms with Crippen LogP contribution >= 0.6 is 15.9 Å². The normalized spacial score (nSPS) is 16.7. The van der Waals surface area contributed by atoms with E-state index >= 15 is 0 Å². The molecule has 5 nitrogen and oxygen atoms in total. The Kier molecular flexibility index (Phi) is 4.17. The summed E-state index contributed by atoms with van der Waals surface area (Å²) in [5.41, 5.74) is 6.84. The summed E-state index contributed by atoms with van der Waals surface area (Å²) in [6.45, 7) is 0. The van der Waals surface area contributed by atoms with Crippen molar-refractivity contribution in [2.24, 2.45) is 4.99 Å². The number of aliphatic imine (C=N–C) groups is 1. The number of benzene rings is 1. The van der Waals surface area contributed by atoms with Crippen molar-refractivity contribution < 1.29 is 5.11 Å². The maximum absolute atomic E-state index is 8.44. The molecule has 3 rings (SSSR count). The molecule has 0 bridgehead atoms. The van der Waals surface area contributed by atoms with E-state index in [9.17, 15) is 0 Å². The van der Waals surface area contributed by atoms with Gasteiger partial charge in [-0.05, 0) is 42.7 Å². The second-order valence-corrected chi connectivity index (χ2v) is 6.64. The van der Waals surface area contributed by atoms with Gasteiger partial charge in [0, 0.05) is 10.7 Å². The van der Waals surface area contributed by atoms with Gasteiger partial charge in [-0.25, -0.2) is 4.98 Å². The number of rotatable bonds is 3. The zero-order valence-electron chi connectivity index (χ0n) is 12.5. The molecule has 1 fully saturated rings. The summed E-state index contributed by atoms with van der Waals surface area (Å²) in [5, 5.41) is 16.6. The Morgan fingerprint density at radius 2 is 1.91 bits per heavy atom. The number of hydrogen-bond acceptors (Lipinski definition) is 3. The molecule has 1 saturated carbocycles. The highest BCUT2D eigenvalue weighted by atomic mass is 79.9. The van der Waals surface area contributed by atoms with Crippen LogP contribution in [-0.2, 0) is 5.41 Å². The largest absolute Gasteiger partial charge is 0.578 e. The van der Waals surface area contributed by atoms with Crippen molar-refractivity contribution in [1.29, 1.82) is 5.41 Å². The van der Waals surface area contributed by atoms with Crippen LogP contribution in [0, 0.1) is 5.41 Å². The second kappa shape index (κ2) is 6.12. The van der Waals surface area contributed by atoms with Gasteiger partial charge < -0.3 is 10.8 Å². The van der Waals surface area contributed by atoms with E-state index in [1.165, 1.54) is 6.20 Å². The molecule has 0 amide bonds. The minimum Gasteiger partial charge on any atom is -0.578 e. The fourth-order valence-electron chi connectivity index (χ4n) is 2.79. The summed E-state index contributed by atoms with van der Waals surface area (Å²) >= 11 is 3.44. The number of amidine groups is 1. The molecule has 1 aromatic heterocycles. The van der Waals surface area contributed by atoms with Crippen molar-refractivity contribution in [3.8, 4) is 0 Å². The average molecular weight is 374 g/mol. The summed E-state index contributed by atoms with van der Waals surface area (Å²) in [5.74, 6) is 0.695. The zero-order valence-corrected chi connectivity index (χ0v) is 14.1. The van der Waals surface area contributed by atoms with Crippen LogP contribution in [0.3, 0.4) is 0 Å². The standard InChI is InChI=1S/C17H17BrN4O/c18-13-5-3-12(4-6-13)17(8-1-9-17)16(20)22-15(23)11-2-7-14(19)21-10-11/h2-7,10H,1,8-9H2,(H2,19,21)(H2,20,22,23)/p+1. The van der Waals surface area contributed by atoms with E-state index in [1.807, 2.05) is 24.3 Å². The molecular weight excluding hydrogens is 356 g/mol. The van der Waals surface area contributed by atoms with E-state index in [4.69, 9.17) is 16.2 Å². The molecule has 1 aliphatic rings. The lowest BCUT2D eigenvalue weighted by atomic mass is 9.63. The molecule has 0 atom stereocenters. The fourth-order valence-corrected chi connectivity index (χ4v) is 3.05. The van der Waals surface area contributed by atoms with Crippen LogP contribution in [0.4, 0.5) is 5.82 Å². The Balaban J connectivity index is 1.89. The third kappa shape index (κ3) is 2.99. The van der Waals surface area contributed by atoms with Gasteiger partial charge in [0.2, 0.25) is 0 Å². The SMILES string of the molecule is N=C(N=C([OH2+])c1ccc(N)nc1)C1(c2ccc(Br)cc2)CCC1. The summed E-state index contributed by atoms with van der Waals surface area (Å²) < 4.78 is 1.01. The van der Waals surface area contributed by atoms with Crippen LogP contribution in [0.15, 0.2) is 52.1 Å². The molecule has 0 unspecified atom stereocenters. The Hall–Kier alpha value is -2.21. The number of anilines is 1. The van der Waals surface area contributed by atoms with Gasteiger partial charge in [-0.3, -0.25) is 5.41 Å². The molecule has 5 N–H and O–H groups in total. The van der Waals surface area contributed by atoms with Crippen LogP contribution < -0.4 is 5.73 Å². The predicted octanol–water partition coefficient (Wildman–Crippen LogP) is 3.00. The first kappa shape index (κ1) is 15.7. The molecule has 0 spiro atoms. The molecule has 1 aliphatic carbocycles. The highest BCUT2D eigenvalue weighted by molar-refractivity contribution is 9.10. The van der Waals surface area contributed by atoms with Gasteiger partial charge in [0.05, 0.1) is 5.41 Å². The second-order valence-electron chi connectivity index (χ2n) is 5.72. The van der Waals surface area contributed by atoms with Gasteiger partial charge in [-0.15, -0.1) is 4.99 Å². The van der Waals surface area contributed by atoms with Gasteiger partial charge >= 0.3 is 5.90 Å². The molecule has 118 valence electrons. The number of nitrogens with zero attached hydrogens (tertiary/aromatic N) is 2. The van der Waals surface area contributed by atoms with E-state index in [-0.39, 0.29) is 17.1 Å². The number of nitrogen functional groups attached to an aromatic ring is 1. The van der Waals surface area contributed by atoms with Gasteiger partial charge in [0.15, 0.2) is 0 Å². The van der Waals surface area contributed by atoms with Crippen molar-refractivity contribution in [3.63, 3.8) is 0 Å². The third-order valence-corrected chi connectivity index (χ3v) is 4.87. The van der Waals surface area contributed by atoms with Gasteiger partial charge in [-0.1, -0.05) is 34.5 Å². The lowest BCUT2D eigenvalue weighted by molar-refractivity contribution is 0.336. The number of aromatic nitrogens is 1. The molecule has 23 heavy (non-hydrogen) atoms. The van der Waals surface area contributed by atoms with Gasteiger partial charge in [0.25, 0.3) is 0 Å². The number of nitrogens with two attached hydrogens (primary N) is 1. The van der Waals surface area contributed by atoms with Crippen molar-refractivity contribution in [2.75, 3.05) is 5.73 Å². The van der Waals surface area contributed by atoms with Crippen LogP contribution in [0.1, 0.15) is 30.4 Å². The molecule has 6 heteroatoms. The minimum absolute atomic E-state index is 0.0471. The number of nitrogens with one attached hydrogen (secondary N) is 1. The number of hydrogen-bond donors (Lipinski definition) is 2. The van der Waals surface area contributed by atoms with Gasteiger partial charge in [-0.2, -0.15) is 0 Å². The van der Waals surface area contributed by atoms with Crippen molar-refractivity contribution in [2.45, 2.75) is 24.7 Å². The minimum atomic E-state index is -0.367. The number of halogens is 1. The lowest BCUT2D eigenvalue weighted by Gasteiger charge is -2.41. The van der Waals surface area contributed by atoms with Crippen LogP contribution in [-0.4, -0.2) is 21.8 Å². The summed E-state index contributed by atoms with van der Waals surface area (Å²) in [6.07, 6.45) is 4.38. The van der Waals surface area contributed by atoms with E-state index < -0.39 is 0 Å². The summed E-state index contributed by atoms with van der Waals surface area (Å²) in [6, 6.07) is 11.4. The molecule has 1 heterocycles. The Labute approximate surface area is 142 Å².